The van der Waals surface area contributed by atoms with Crippen molar-refractivity contribution in [3.8, 4) is 11.3 Å². The molecule has 13 heteroatoms. The van der Waals surface area contributed by atoms with Crippen LogP contribution in [0.25, 0.3) is 22.4 Å². The molecule has 4 rings (SSSR count). The van der Waals surface area contributed by atoms with E-state index in [1.165, 1.54) is 4.34 Å². The molecule has 4 aromatic rings. The highest BCUT2D eigenvalue weighted by molar-refractivity contribution is 14.2. The number of hydrogen-bond acceptors (Lipinski definition) is 7. The van der Waals surface area contributed by atoms with Crippen LogP contribution < -0.4 is 10.6 Å². The molecule has 3 heterocycles. The summed E-state index contributed by atoms with van der Waals surface area (Å²) < 4.78 is 28.5. The highest BCUT2D eigenvalue weighted by atomic mass is 127. The minimum absolute atomic E-state index is 0.0278. The van der Waals surface area contributed by atoms with Crippen LogP contribution in [0.5, 0.6) is 0 Å². The van der Waals surface area contributed by atoms with E-state index in [9.17, 15) is 13.6 Å². The number of nitrogens with one attached hydrogen (secondary N) is 2. The topological polar surface area (TPSA) is 84.7 Å². The average molecular weight is 604 g/mol. The minimum atomic E-state index is -2.75. The lowest BCUT2D eigenvalue weighted by atomic mass is 10.1. The molecule has 166 valence electrons. The van der Waals surface area contributed by atoms with E-state index < -0.39 is 6.43 Å². The molecule has 1 aromatic carbocycles. The van der Waals surface area contributed by atoms with E-state index in [-0.39, 0.29) is 23.7 Å². The van der Waals surface area contributed by atoms with Gasteiger partial charge in [-0.25, -0.2) is 23.7 Å². The van der Waals surface area contributed by atoms with Gasteiger partial charge in [-0.15, -0.1) is 23.1 Å². The zero-order chi connectivity index (χ0) is 22.8. The van der Waals surface area contributed by atoms with Crippen LogP contribution >= 0.6 is 51.5 Å². The third-order valence-corrected chi connectivity index (χ3v) is 8.12. The first-order chi connectivity index (χ1) is 15.4. The second-order valence-corrected chi connectivity index (χ2v) is 10.4. The van der Waals surface area contributed by atoms with Gasteiger partial charge in [0.15, 0.2) is 11.5 Å². The van der Waals surface area contributed by atoms with E-state index in [0.717, 1.165) is 26.8 Å². The van der Waals surface area contributed by atoms with E-state index in [1.54, 1.807) is 29.2 Å². The van der Waals surface area contributed by atoms with Crippen molar-refractivity contribution >= 4 is 86.3 Å². The molecule has 1 amide bonds. The number of aryl methyl sites for hydroxylation is 1. The number of imidazole rings is 1. The van der Waals surface area contributed by atoms with Gasteiger partial charge in [-0.2, -0.15) is 0 Å². The molecule has 32 heavy (non-hydrogen) atoms. The van der Waals surface area contributed by atoms with Gasteiger partial charge in [0.2, 0.25) is 6.41 Å². The quantitative estimate of drug-likeness (QED) is 0.102. The molecular weight excluding hydrogens is 588 g/mol. The Kier molecular flexibility index (Phi) is 7.23. The molecule has 0 bridgehead atoms. The summed E-state index contributed by atoms with van der Waals surface area (Å²) >= 11 is 5.14. The molecule has 0 fully saturated rings. The normalized spacial score (nSPS) is 11.7. The van der Waals surface area contributed by atoms with Gasteiger partial charge >= 0.3 is 0 Å². The maximum Gasteiger partial charge on any atom is 0.295 e. The largest absolute Gasteiger partial charge is 0.353 e. The van der Waals surface area contributed by atoms with Crippen LogP contribution in [0.2, 0.25) is 0 Å². The molecule has 1 atom stereocenters. The summed E-state index contributed by atoms with van der Waals surface area (Å²) in [5.74, 6) is -0.113. The number of thioether (sulfide) groups is 1. The highest BCUT2D eigenvalue weighted by Crippen LogP contribution is 2.39. The number of fused-ring (bicyclic) bond motifs is 1. The summed E-state index contributed by atoms with van der Waals surface area (Å²) in [7, 11) is 0. The number of alkyl halides is 2. The summed E-state index contributed by atoms with van der Waals surface area (Å²) in [6.45, 7) is 1.96. The number of amides is 1. The highest BCUT2D eigenvalue weighted by Gasteiger charge is 2.22. The molecule has 0 aliphatic carbocycles. The maximum absolute atomic E-state index is 13.6. The Morgan fingerprint density at radius 3 is 2.69 bits per heavy atom. The number of hydrogen-bond donors (Lipinski definition) is 2. The van der Waals surface area contributed by atoms with Crippen molar-refractivity contribution in [2.45, 2.75) is 18.2 Å². The number of pyridine rings is 1. The monoisotopic (exact) mass is 604 g/mol. The zero-order valence-electron chi connectivity index (χ0n) is 16.7. The fourth-order valence-electron chi connectivity index (χ4n) is 3.12. The molecule has 0 radical (unpaired) electrons. The van der Waals surface area contributed by atoms with Crippen molar-refractivity contribution in [3.05, 3.63) is 40.5 Å². The number of aromatic nitrogens is 4. The summed E-state index contributed by atoms with van der Waals surface area (Å²) in [5, 5.41) is 8.80. The predicted octanol–water partition coefficient (Wildman–Crippen LogP) is 6.63. The van der Waals surface area contributed by atoms with Gasteiger partial charge in [-0.05, 0) is 47.4 Å². The van der Waals surface area contributed by atoms with Crippen LogP contribution in [-0.2, 0) is 4.79 Å². The van der Waals surface area contributed by atoms with Gasteiger partial charge in [-0.3, -0.25) is 9.13 Å². The Balaban J connectivity index is 1.81. The lowest BCUT2D eigenvalue weighted by Crippen LogP contribution is -2.01. The van der Waals surface area contributed by atoms with Crippen LogP contribution in [0.15, 0.2) is 34.5 Å². The van der Waals surface area contributed by atoms with Crippen LogP contribution in [0, 0.1) is 6.92 Å². The Hall–Kier alpha value is -1.89. The van der Waals surface area contributed by atoms with Gasteiger partial charge in [0, 0.05) is 21.9 Å². The number of carbonyl (C=O) groups is 1. The number of anilines is 3. The van der Waals surface area contributed by atoms with Gasteiger partial charge in [0.05, 0.1) is 28.5 Å². The Labute approximate surface area is 205 Å². The standard InChI is InChI=1S/C19H16F2IN6OPS2/c1-9-24-13(7-32-9)10-3-4-11(14(5-10)31-2)25-12-6-15(23-8-29)26-18-16(12)27-19(17(20)21)28(18)30-22/h3-8,17,30H,1-2H3,(H2,23,25,26,29). The number of thiazole rings is 1. The first-order valence-corrected chi connectivity index (χ1v) is 15.3. The first kappa shape index (κ1) is 23.3. The van der Waals surface area contributed by atoms with Gasteiger partial charge in [-0.1, -0.05) is 6.07 Å². The van der Waals surface area contributed by atoms with Crippen molar-refractivity contribution in [2.24, 2.45) is 0 Å². The lowest BCUT2D eigenvalue weighted by molar-refractivity contribution is -0.105. The van der Waals surface area contributed by atoms with Crippen molar-refractivity contribution in [2.75, 3.05) is 16.9 Å². The van der Waals surface area contributed by atoms with Gasteiger partial charge < -0.3 is 10.6 Å². The van der Waals surface area contributed by atoms with Gasteiger partial charge in [0.1, 0.15) is 11.3 Å². The summed E-state index contributed by atoms with van der Waals surface area (Å²) in [5.41, 5.74) is 3.74. The molecule has 0 saturated carbocycles. The fourth-order valence-corrected chi connectivity index (χ4v) is 6.22. The predicted molar refractivity (Wildman–Crippen MR) is 137 cm³/mol. The summed E-state index contributed by atoms with van der Waals surface area (Å²) in [6.07, 6.45) is -0.319. The van der Waals surface area contributed by atoms with E-state index in [4.69, 9.17) is 0 Å². The number of nitrogens with zero attached hydrogens (tertiary/aromatic N) is 4. The second kappa shape index (κ2) is 9.94. The molecular formula is C19H16F2IN6OPS2. The maximum atomic E-state index is 13.6. The summed E-state index contributed by atoms with van der Waals surface area (Å²) in [6, 6.07) is 7.48. The molecule has 0 saturated heterocycles. The van der Waals surface area contributed by atoms with E-state index in [0.29, 0.717) is 17.6 Å². The average Bonchev–Trinajstić information content (AvgIpc) is 3.38. The molecule has 0 aliphatic rings. The summed E-state index contributed by atoms with van der Waals surface area (Å²) in [4.78, 5) is 25.0. The lowest BCUT2D eigenvalue weighted by Gasteiger charge is -2.13. The van der Waals surface area contributed by atoms with Crippen molar-refractivity contribution in [1.29, 1.82) is 0 Å². The Bertz CT molecular complexity index is 1300. The first-order valence-electron chi connectivity index (χ1n) is 9.11. The molecule has 1 unspecified atom stereocenters. The number of carbonyl (C=O) groups excluding carboxylic acids is 1. The van der Waals surface area contributed by atoms with Crippen molar-refractivity contribution in [1.82, 2.24) is 19.3 Å². The van der Waals surface area contributed by atoms with Crippen LogP contribution in [-0.4, -0.2) is 32.0 Å². The number of benzene rings is 1. The van der Waals surface area contributed by atoms with E-state index >= 15 is 0 Å². The molecule has 0 aliphatic heterocycles. The van der Waals surface area contributed by atoms with Gasteiger partial charge in [0.25, 0.3) is 6.43 Å². The van der Waals surface area contributed by atoms with Crippen molar-refractivity contribution < 1.29 is 13.6 Å². The minimum Gasteiger partial charge on any atom is -0.353 e. The van der Waals surface area contributed by atoms with Crippen LogP contribution in [0.1, 0.15) is 17.3 Å². The number of halogens is 3. The number of rotatable bonds is 8. The van der Waals surface area contributed by atoms with Crippen molar-refractivity contribution in [3.63, 3.8) is 0 Å². The smallest absolute Gasteiger partial charge is 0.295 e. The van der Waals surface area contributed by atoms with Crippen LogP contribution in [0.4, 0.5) is 26.0 Å². The molecule has 0 spiro atoms. The SMILES string of the molecule is CSc1cc(-c2csc(C)n2)ccc1Nc1cc(NC=O)nc2c1nc(C(F)F)n2PI. The van der Waals surface area contributed by atoms with Crippen LogP contribution in [0.3, 0.4) is 0 Å². The molecule has 3 aromatic heterocycles. The molecule has 7 nitrogen and oxygen atoms in total. The van der Waals surface area contributed by atoms with E-state index in [1.807, 2.05) is 58.8 Å². The second-order valence-electron chi connectivity index (χ2n) is 6.47. The Morgan fingerprint density at radius 2 is 2.06 bits per heavy atom. The third kappa shape index (κ3) is 4.59. The molecule has 2 N–H and O–H groups in total. The Morgan fingerprint density at radius 1 is 1.25 bits per heavy atom. The fraction of sp³-hybridized carbons (Fsp3) is 0.158. The third-order valence-electron chi connectivity index (χ3n) is 4.51. The zero-order valence-corrected chi connectivity index (χ0v) is 21.5. The van der Waals surface area contributed by atoms with E-state index in [2.05, 4.69) is 25.6 Å².